The van der Waals surface area contributed by atoms with Crippen LogP contribution in [0.5, 0.6) is 0 Å². The van der Waals surface area contributed by atoms with Gasteiger partial charge in [-0.1, -0.05) is 60.6 Å². The van der Waals surface area contributed by atoms with E-state index in [1.54, 1.807) is 0 Å². The van der Waals surface area contributed by atoms with Crippen LogP contribution in [0.3, 0.4) is 0 Å². The Morgan fingerprint density at radius 2 is 2.04 bits per heavy atom. The van der Waals surface area contributed by atoms with Gasteiger partial charge < -0.3 is 9.64 Å². The molecule has 2 aliphatic rings. The Labute approximate surface area is 163 Å². The molecule has 0 aliphatic carbocycles. The molecule has 0 unspecified atom stereocenters. The SMILES string of the molecule is CC(C)=CCCC(C)=CCN1C(=O)[C@]2(OCCC=C[C@H]2C)c2ccccc21. The third-order valence-corrected chi connectivity index (χ3v) is 5.55. The lowest BCUT2D eigenvalue weighted by molar-refractivity contribution is -0.148. The summed E-state index contributed by atoms with van der Waals surface area (Å²) in [4.78, 5) is 15.4. The van der Waals surface area contributed by atoms with Gasteiger partial charge in [0, 0.05) is 18.0 Å². The van der Waals surface area contributed by atoms with Crippen molar-refractivity contribution in [1.82, 2.24) is 0 Å². The first-order valence-electron chi connectivity index (χ1n) is 9.98. The van der Waals surface area contributed by atoms with Crippen LogP contribution in [0.15, 0.2) is 59.7 Å². The van der Waals surface area contributed by atoms with E-state index in [1.807, 2.05) is 29.2 Å². The van der Waals surface area contributed by atoms with Crippen molar-refractivity contribution in [3.8, 4) is 0 Å². The van der Waals surface area contributed by atoms with Crippen molar-refractivity contribution in [2.45, 2.75) is 52.6 Å². The molecule has 0 saturated carbocycles. The van der Waals surface area contributed by atoms with Gasteiger partial charge in [0.05, 0.1) is 12.3 Å². The molecule has 0 N–H and O–H groups in total. The highest BCUT2D eigenvalue weighted by Crippen LogP contribution is 2.48. The highest BCUT2D eigenvalue weighted by Gasteiger charge is 2.54. The molecule has 1 aromatic rings. The molecule has 2 aliphatic heterocycles. The van der Waals surface area contributed by atoms with Crippen LogP contribution in [0.4, 0.5) is 5.69 Å². The summed E-state index contributed by atoms with van der Waals surface area (Å²) in [6, 6.07) is 8.09. The first-order valence-corrected chi connectivity index (χ1v) is 9.98. The number of carbonyl (C=O) groups excluding carboxylic acids is 1. The maximum absolute atomic E-state index is 13.5. The predicted molar refractivity (Wildman–Crippen MR) is 112 cm³/mol. The monoisotopic (exact) mass is 365 g/mol. The van der Waals surface area contributed by atoms with Crippen molar-refractivity contribution < 1.29 is 9.53 Å². The Kier molecular flexibility index (Phi) is 6.01. The quantitative estimate of drug-likeness (QED) is 0.642. The van der Waals surface area contributed by atoms with Crippen molar-refractivity contribution in [3.05, 3.63) is 65.3 Å². The van der Waals surface area contributed by atoms with E-state index in [1.165, 1.54) is 11.1 Å². The van der Waals surface area contributed by atoms with Crippen LogP contribution in [0.2, 0.25) is 0 Å². The molecule has 3 rings (SSSR count). The lowest BCUT2D eigenvalue weighted by atomic mass is 9.83. The zero-order chi connectivity index (χ0) is 19.4. The van der Waals surface area contributed by atoms with Gasteiger partial charge >= 0.3 is 0 Å². The van der Waals surface area contributed by atoms with E-state index in [-0.39, 0.29) is 11.8 Å². The number of ether oxygens (including phenoxy) is 1. The van der Waals surface area contributed by atoms with Crippen LogP contribution in [0.25, 0.3) is 0 Å². The first-order chi connectivity index (χ1) is 13.0. The lowest BCUT2D eigenvalue weighted by Gasteiger charge is -2.32. The Balaban J connectivity index is 1.86. The molecule has 1 amide bonds. The van der Waals surface area contributed by atoms with Crippen molar-refractivity contribution in [1.29, 1.82) is 0 Å². The summed E-state index contributed by atoms with van der Waals surface area (Å²) in [5.41, 5.74) is 3.77. The fourth-order valence-electron chi connectivity index (χ4n) is 4.00. The van der Waals surface area contributed by atoms with Crippen LogP contribution in [0, 0.1) is 5.92 Å². The van der Waals surface area contributed by atoms with Crippen molar-refractivity contribution >= 4 is 11.6 Å². The molecule has 0 aromatic heterocycles. The third kappa shape index (κ3) is 3.79. The zero-order valence-electron chi connectivity index (χ0n) is 17.0. The van der Waals surface area contributed by atoms with Gasteiger partial charge in [-0.15, -0.1) is 0 Å². The number of hydrogen-bond acceptors (Lipinski definition) is 2. The van der Waals surface area contributed by atoms with E-state index in [2.05, 4.69) is 52.0 Å². The van der Waals surface area contributed by atoms with Crippen LogP contribution < -0.4 is 4.90 Å². The zero-order valence-corrected chi connectivity index (χ0v) is 17.0. The van der Waals surface area contributed by atoms with Gasteiger partial charge in [0.15, 0.2) is 5.60 Å². The number of carbonyl (C=O) groups is 1. The minimum atomic E-state index is -0.882. The maximum Gasteiger partial charge on any atom is 0.264 e. The van der Waals surface area contributed by atoms with E-state index in [9.17, 15) is 4.79 Å². The molecule has 1 spiro atoms. The summed E-state index contributed by atoms with van der Waals surface area (Å²) in [5.74, 6) is 0.0810. The van der Waals surface area contributed by atoms with Crippen LogP contribution in [-0.2, 0) is 15.1 Å². The number of para-hydroxylation sites is 1. The number of anilines is 1. The van der Waals surface area contributed by atoms with Gasteiger partial charge in [0.2, 0.25) is 0 Å². The van der Waals surface area contributed by atoms with Gasteiger partial charge in [0.25, 0.3) is 5.91 Å². The smallest absolute Gasteiger partial charge is 0.264 e. The van der Waals surface area contributed by atoms with E-state index in [4.69, 9.17) is 4.74 Å². The van der Waals surface area contributed by atoms with E-state index >= 15 is 0 Å². The second-order valence-corrected chi connectivity index (χ2v) is 7.89. The second-order valence-electron chi connectivity index (χ2n) is 7.89. The number of nitrogens with zero attached hydrogens (tertiary/aromatic N) is 1. The van der Waals surface area contributed by atoms with Crippen molar-refractivity contribution in [2.75, 3.05) is 18.1 Å². The summed E-state index contributed by atoms with van der Waals surface area (Å²) >= 11 is 0. The second kappa shape index (κ2) is 8.26. The topological polar surface area (TPSA) is 29.5 Å². The lowest BCUT2D eigenvalue weighted by Crippen LogP contribution is -2.46. The minimum Gasteiger partial charge on any atom is -0.359 e. The summed E-state index contributed by atoms with van der Waals surface area (Å²) in [6.07, 6.45) is 11.6. The number of fused-ring (bicyclic) bond motifs is 2. The molecule has 2 atom stereocenters. The van der Waals surface area contributed by atoms with Crippen LogP contribution in [-0.4, -0.2) is 19.1 Å². The van der Waals surface area contributed by atoms with Gasteiger partial charge in [-0.2, -0.15) is 0 Å². The van der Waals surface area contributed by atoms with Crippen LogP contribution >= 0.6 is 0 Å². The number of benzene rings is 1. The molecule has 0 saturated heterocycles. The Morgan fingerprint density at radius 1 is 1.26 bits per heavy atom. The molecule has 2 heterocycles. The number of amides is 1. The maximum atomic E-state index is 13.5. The Hall–Kier alpha value is -2.13. The van der Waals surface area contributed by atoms with Gasteiger partial charge in [-0.05, 0) is 46.1 Å². The highest BCUT2D eigenvalue weighted by atomic mass is 16.5. The summed E-state index contributed by atoms with van der Waals surface area (Å²) in [6.45, 7) is 9.65. The van der Waals surface area contributed by atoms with E-state index in [0.29, 0.717) is 13.2 Å². The highest BCUT2D eigenvalue weighted by molar-refractivity contribution is 6.07. The first kappa shape index (κ1) is 19.6. The standard InChI is InChI=1S/C24H31NO2/c1-18(2)10-9-11-19(3)15-16-25-22-14-6-5-13-21(22)24(23(25)26)20(4)12-7-8-17-27-24/h5-7,10,12-15,20H,8-9,11,16-17H2,1-4H3/t20-,24-/m1/s1. The molecular formula is C24H31NO2. The third-order valence-electron chi connectivity index (χ3n) is 5.55. The van der Waals surface area contributed by atoms with Crippen molar-refractivity contribution in [3.63, 3.8) is 0 Å². The fourth-order valence-corrected chi connectivity index (χ4v) is 4.00. The molecule has 144 valence electrons. The van der Waals surface area contributed by atoms with E-state index in [0.717, 1.165) is 30.5 Å². The summed E-state index contributed by atoms with van der Waals surface area (Å²) in [5, 5.41) is 0. The average Bonchev–Trinajstić information content (AvgIpc) is 2.75. The van der Waals surface area contributed by atoms with Crippen molar-refractivity contribution in [2.24, 2.45) is 5.92 Å². The summed E-state index contributed by atoms with van der Waals surface area (Å²) in [7, 11) is 0. The molecule has 3 heteroatoms. The normalized spacial score (nSPS) is 24.9. The van der Waals surface area contributed by atoms with Gasteiger partial charge in [-0.3, -0.25) is 4.79 Å². The molecule has 0 bridgehead atoms. The van der Waals surface area contributed by atoms with Gasteiger partial charge in [-0.25, -0.2) is 0 Å². The molecule has 0 radical (unpaired) electrons. The van der Waals surface area contributed by atoms with E-state index < -0.39 is 5.60 Å². The van der Waals surface area contributed by atoms with Gasteiger partial charge in [0.1, 0.15) is 0 Å². The molecule has 1 aromatic carbocycles. The fraction of sp³-hybridized carbons (Fsp3) is 0.458. The largest absolute Gasteiger partial charge is 0.359 e. The number of allylic oxidation sites excluding steroid dienone is 3. The minimum absolute atomic E-state index is 0.0152. The molecular weight excluding hydrogens is 334 g/mol. The average molecular weight is 366 g/mol. The Morgan fingerprint density at radius 3 is 2.81 bits per heavy atom. The molecule has 0 fully saturated rings. The number of hydrogen-bond donors (Lipinski definition) is 0. The summed E-state index contributed by atoms with van der Waals surface area (Å²) < 4.78 is 6.25. The molecule has 27 heavy (non-hydrogen) atoms. The molecule has 3 nitrogen and oxygen atoms in total. The van der Waals surface area contributed by atoms with Crippen LogP contribution in [0.1, 0.15) is 52.5 Å². The Bertz CT molecular complexity index is 785. The predicted octanol–water partition coefficient (Wildman–Crippen LogP) is 5.53. The number of rotatable bonds is 5.